The second kappa shape index (κ2) is 3.89. The summed E-state index contributed by atoms with van der Waals surface area (Å²) in [4.78, 5) is 22.7. The van der Waals surface area contributed by atoms with Crippen LogP contribution in [0.5, 0.6) is 0 Å². The van der Waals surface area contributed by atoms with E-state index < -0.39 is 17.4 Å². The molecule has 82 valence electrons. The Hall–Kier alpha value is -1.57. The minimum Gasteiger partial charge on any atom is -0.368 e. The lowest BCUT2D eigenvalue weighted by molar-refractivity contribution is -0.130. The number of carbonyl (C=O) groups excluding carboxylic acids is 2. The number of primary amides is 1. The van der Waals surface area contributed by atoms with E-state index in [1.807, 2.05) is 6.07 Å². The third-order valence-corrected chi connectivity index (χ3v) is 2.66. The van der Waals surface area contributed by atoms with Gasteiger partial charge in [-0.1, -0.05) is 13.8 Å². The monoisotopic (exact) mass is 209 g/mol. The summed E-state index contributed by atoms with van der Waals surface area (Å²) >= 11 is 0. The zero-order valence-electron chi connectivity index (χ0n) is 8.91. The number of nitrogens with zero attached hydrogens (tertiary/aromatic N) is 1. The molecule has 1 fully saturated rings. The lowest BCUT2D eigenvalue weighted by atomic mass is 10.0. The topological polar surface area (TPSA) is 96.0 Å². The number of carbonyl (C=O) groups is 2. The molecule has 0 radical (unpaired) electrons. The molecule has 1 aliphatic carbocycles. The van der Waals surface area contributed by atoms with Gasteiger partial charge < -0.3 is 11.1 Å². The second-order valence-electron chi connectivity index (χ2n) is 4.29. The molecule has 0 heterocycles. The zero-order valence-corrected chi connectivity index (χ0v) is 8.91. The number of nitriles is 1. The van der Waals surface area contributed by atoms with Gasteiger partial charge in [-0.25, -0.2) is 0 Å². The summed E-state index contributed by atoms with van der Waals surface area (Å²) in [5, 5.41) is 11.3. The number of nitrogens with one attached hydrogen (secondary N) is 1. The van der Waals surface area contributed by atoms with Gasteiger partial charge in [0.05, 0.1) is 6.07 Å². The predicted molar refractivity (Wildman–Crippen MR) is 53.2 cm³/mol. The molecule has 1 unspecified atom stereocenters. The minimum absolute atomic E-state index is 0.0686. The number of rotatable bonds is 4. The second-order valence-corrected chi connectivity index (χ2v) is 4.29. The molecule has 5 heteroatoms. The Kier molecular flexibility index (Phi) is 2.98. The van der Waals surface area contributed by atoms with E-state index >= 15 is 0 Å². The number of nitrogens with two attached hydrogens (primary N) is 1. The lowest BCUT2D eigenvalue weighted by Gasteiger charge is -2.20. The van der Waals surface area contributed by atoms with E-state index in [9.17, 15) is 9.59 Å². The first-order valence-electron chi connectivity index (χ1n) is 4.94. The van der Waals surface area contributed by atoms with E-state index in [1.165, 1.54) is 0 Å². The first-order chi connectivity index (χ1) is 6.93. The molecule has 1 aliphatic rings. The van der Waals surface area contributed by atoms with Crippen molar-refractivity contribution < 1.29 is 9.59 Å². The van der Waals surface area contributed by atoms with Crippen LogP contribution in [0.2, 0.25) is 0 Å². The fourth-order valence-electron chi connectivity index (χ4n) is 1.36. The van der Waals surface area contributed by atoms with Crippen LogP contribution >= 0.6 is 0 Å². The Morgan fingerprint density at radius 2 is 2.00 bits per heavy atom. The molecule has 0 aromatic carbocycles. The van der Waals surface area contributed by atoms with Crippen molar-refractivity contribution in [2.45, 2.75) is 32.7 Å². The van der Waals surface area contributed by atoms with Crippen molar-refractivity contribution >= 4 is 11.8 Å². The standard InChI is InChI=1S/C10H15N3O2/c1-6(2)7(8(12)14)13-9(15)10(5-11)3-4-10/h6-7H,3-4H2,1-2H3,(H2,12,14)(H,13,15). The predicted octanol–water partition coefficient (Wildman–Crippen LogP) is -0.0837. The van der Waals surface area contributed by atoms with E-state index in [0.717, 1.165) is 0 Å². The highest BCUT2D eigenvalue weighted by molar-refractivity contribution is 5.92. The van der Waals surface area contributed by atoms with Crippen molar-refractivity contribution in [1.82, 2.24) is 5.32 Å². The first-order valence-corrected chi connectivity index (χ1v) is 4.94. The Balaban J connectivity index is 2.64. The number of hydrogen-bond acceptors (Lipinski definition) is 3. The van der Waals surface area contributed by atoms with Crippen molar-refractivity contribution in [3.63, 3.8) is 0 Å². The molecular weight excluding hydrogens is 194 g/mol. The summed E-state index contributed by atoms with van der Waals surface area (Å²) in [6.07, 6.45) is 1.14. The van der Waals surface area contributed by atoms with Gasteiger partial charge in [-0.05, 0) is 18.8 Å². The molecule has 1 rings (SSSR count). The maximum absolute atomic E-state index is 11.6. The van der Waals surface area contributed by atoms with Gasteiger partial charge in [0.2, 0.25) is 11.8 Å². The van der Waals surface area contributed by atoms with Gasteiger partial charge in [0, 0.05) is 0 Å². The van der Waals surface area contributed by atoms with Crippen molar-refractivity contribution in [2.24, 2.45) is 17.1 Å². The summed E-state index contributed by atoms with van der Waals surface area (Å²) in [6, 6.07) is 1.28. The third kappa shape index (κ3) is 2.27. The molecule has 3 N–H and O–H groups in total. The Morgan fingerprint density at radius 3 is 2.27 bits per heavy atom. The average Bonchev–Trinajstić information content (AvgIpc) is 2.93. The van der Waals surface area contributed by atoms with Crippen molar-refractivity contribution in [1.29, 1.82) is 5.26 Å². The summed E-state index contributed by atoms with van der Waals surface area (Å²) in [5.74, 6) is -1.00. The van der Waals surface area contributed by atoms with Crippen molar-refractivity contribution in [3.05, 3.63) is 0 Å². The number of hydrogen-bond donors (Lipinski definition) is 2. The maximum atomic E-state index is 11.6. The Bertz CT molecular complexity index is 326. The molecule has 5 nitrogen and oxygen atoms in total. The zero-order chi connectivity index (χ0) is 11.6. The molecule has 0 aliphatic heterocycles. The fraction of sp³-hybridized carbons (Fsp3) is 0.700. The van der Waals surface area contributed by atoms with E-state index in [-0.39, 0.29) is 11.8 Å². The number of amides is 2. The van der Waals surface area contributed by atoms with Crippen LogP contribution in [0.1, 0.15) is 26.7 Å². The van der Waals surface area contributed by atoms with Gasteiger partial charge in [0.1, 0.15) is 11.5 Å². The van der Waals surface area contributed by atoms with E-state index in [0.29, 0.717) is 12.8 Å². The summed E-state index contributed by atoms with van der Waals surface area (Å²) < 4.78 is 0. The van der Waals surface area contributed by atoms with Crippen LogP contribution in [0.25, 0.3) is 0 Å². The lowest BCUT2D eigenvalue weighted by Crippen LogP contribution is -2.49. The summed E-state index contributed by atoms with van der Waals surface area (Å²) in [7, 11) is 0. The van der Waals surface area contributed by atoms with Crippen LogP contribution < -0.4 is 11.1 Å². The van der Waals surface area contributed by atoms with Crippen LogP contribution in [-0.4, -0.2) is 17.9 Å². The van der Waals surface area contributed by atoms with Gasteiger partial charge in [-0.3, -0.25) is 9.59 Å². The molecule has 0 saturated heterocycles. The van der Waals surface area contributed by atoms with Crippen LogP contribution in [0.3, 0.4) is 0 Å². The smallest absolute Gasteiger partial charge is 0.241 e. The molecule has 2 amide bonds. The van der Waals surface area contributed by atoms with E-state index in [1.54, 1.807) is 13.8 Å². The molecule has 1 saturated carbocycles. The van der Waals surface area contributed by atoms with Crippen LogP contribution in [0.15, 0.2) is 0 Å². The van der Waals surface area contributed by atoms with Crippen molar-refractivity contribution in [3.8, 4) is 6.07 Å². The Labute approximate surface area is 88.6 Å². The van der Waals surface area contributed by atoms with Crippen LogP contribution in [0.4, 0.5) is 0 Å². The molecule has 1 atom stereocenters. The minimum atomic E-state index is -0.900. The van der Waals surface area contributed by atoms with Crippen LogP contribution in [0, 0.1) is 22.7 Å². The molecule has 0 aromatic heterocycles. The molecule has 0 aromatic rings. The maximum Gasteiger partial charge on any atom is 0.241 e. The average molecular weight is 209 g/mol. The molecule has 0 spiro atoms. The van der Waals surface area contributed by atoms with Crippen molar-refractivity contribution in [2.75, 3.05) is 0 Å². The normalized spacial score (nSPS) is 19.1. The summed E-state index contributed by atoms with van der Waals surface area (Å²) in [5.41, 5.74) is 4.25. The van der Waals surface area contributed by atoms with E-state index in [2.05, 4.69) is 5.32 Å². The third-order valence-electron chi connectivity index (χ3n) is 2.66. The van der Waals surface area contributed by atoms with Crippen LogP contribution in [-0.2, 0) is 9.59 Å². The van der Waals surface area contributed by atoms with Gasteiger partial charge >= 0.3 is 0 Å². The Morgan fingerprint density at radius 1 is 1.47 bits per heavy atom. The van der Waals surface area contributed by atoms with Gasteiger partial charge in [-0.2, -0.15) is 5.26 Å². The van der Waals surface area contributed by atoms with E-state index in [4.69, 9.17) is 11.0 Å². The SMILES string of the molecule is CC(C)C(NC(=O)C1(C#N)CC1)C(N)=O. The fourth-order valence-corrected chi connectivity index (χ4v) is 1.36. The van der Waals surface area contributed by atoms with Gasteiger partial charge in [0.15, 0.2) is 0 Å². The summed E-state index contributed by atoms with van der Waals surface area (Å²) in [6.45, 7) is 3.59. The van der Waals surface area contributed by atoms with Gasteiger partial charge in [-0.15, -0.1) is 0 Å². The molecular formula is C10H15N3O2. The quantitative estimate of drug-likeness (QED) is 0.677. The molecule has 15 heavy (non-hydrogen) atoms. The van der Waals surface area contributed by atoms with Gasteiger partial charge in [0.25, 0.3) is 0 Å². The first kappa shape index (κ1) is 11.5. The highest BCUT2D eigenvalue weighted by atomic mass is 16.2. The molecule has 0 bridgehead atoms. The highest BCUT2D eigenvalue weighted by Crippen LogP contribution is 2.45. The largest absolute Gasteiger partial charge is 0.368 e. The highest BCUT2D eigenvalue weighted by Gasteiger charge is 2.51.